The minimum Gasteiger partial charge on any atom is -0.456 e. The molecule has 2 bridgehead atoms. The van der Waals surface area contributed by atoms with Crippen LogP contribution in [0.25, 0.3) is 6.08 Å². The molecule has 10 atom stereocenters. The number of allylic oxidation sites excluding steroid dienone is 3. The fraction of sp³-hybridized carbons (Fsp3) is 0.629. The molecule has 1 saturated heterocycles. The topological polar surface area (TPSA) is 148 Å². The van der Waals surface area contributed by atoms with E-state index in [9.17, 15) is 19.8 Å². The maximum Gasteiger partial charge on any atom is 0.331 e. The van der Waals surface area contributed by atoms with E-state index < -0.39 is 54.0 Å². The number of aromatic nitrogens is 2. The number of carbonyl (C=O) groups is 2. The first-order valence-electron chi connectivity index (χ1n) is 16.2. The highest BCUT2D eigenvalue weighted by molar-refractivity contribution is 5.86. The molecule has 1 aromatic rings. The first kappa shape index (κ1) is 35.2. The van der Waals surface area contributed by atoms with E-state index >= 15 is 0 Å². The number of rotatable bonds is 9. The Hall–Kier alpha value is -3.13. The number of nitrogens with zero attached hydrogens (tertiary/aromatic N) is 2. The molecule has 1 aromatic heterocycles. The Balaban J connectivity index is 1.49. The van der Waals surface area contributed by atoms with Crippen molar-refractivity contribution in [3.05, 3.63) is 59.7 Å². The normalized spacial score (nSPS) is 37.1. The van der Waals surface area contributed by atoms with Gasteiger partial charge < -0.3 is 43.2 Å². The molecule has 12 nitrogen and oxygen atoms in total. The molecule has 258 valence electrons. The van der Waals surface area contributed by atoms with Gasteiger partial charge in [-0.2, -0.15) is 0 Å². The molecule has 0 amide bonds. The van der Waals surface area contributed by atoms with E-state index in [4.69, 9.17) is 28.4 Å². The van der Waals surface area contributed by atoms with Gasteiger partial charge in [0.1, 0.15) is 23.9 Å². The minimum absolute atomic E-state index is 0.0137. The molecule has 0 aromatic carbocycles. The Morgan fingerprint density at radius 2 is 2.00 bits per heavy atom. The van der Waals surface area contributed by atoms with Crippen LogP contribution < -0.4 is 0 Å². The summed E-state index contributed by atoms with van der Waals surface area (Å²) in [7, 11) is 3.40. The summed E-state index contributed by atoms with van der Waals surface area (Å²) in [4.78, 5) is 29.4. The third-order valence-electron chi connectivity index (χ3n) is 9.88. The SMILES string of the molecule is CO[C@]12C=C[C@](C)(O1)C(OC(=O)/C=C/c1cn(C)cn1)C[C@H]1C(C)=CC[C@H](C(C)C)[C@H]1C=C2COC1OC[C@@H](O)[C@@H](O)[C@@H]1OC(C)=O. The van der Waals surface area contributed by atoms with Gasteiger partial charge in [-0.25, -0.2) is 9.78 Å². The fourth-order valence-electron chi connectivity index (χ4n) is 7.17. The van der Waals surface area contributed by atoms with Crippen LogP contribution in [0.1, 0.15) is 53.2 Å². The molecule has 1 aliphatic carbocycles. The van der Waals surface area contributed by atoms with Gasteiger partial charge >= 0.3 is 11.9 Å². The van der Waals surface area contributed by atoms with Crippen molar-refractivity contribution >= 4 is 18.0 Å². The summed E-state index contributed by atoms with van der Waals surface area (Å²) in [5.41, 5.74) is 1.43. The van der Waals surface area contributed by atoms with Gasteiger partial charge in [0.25, 0.3) is 0 Å². The lowest BCUT2D eigenvalue weighted by Gasteiger charge is -2.41. The van der Waals surface area contributed by atoms with Crippen molar-refractivity contribution in [1.29, 1.82) is 0 Å². The van der Waals surface area contributed by atoms with Crippen molar-refractivity contribution in [2.45, 2.75) is 89.6 Å². The Morgan fingerprint density at radius 3 is 2.66 bits per heavy atom. The molecule has 12 heteroatoms. The first-order valence-corrected chi connectivity index (χ1v) is 16.2. The summed E-state index contributed by atoms with van der Waals surface area (Å²) < 4.78 is 38.1. The average Bonchev–Trinajstić information content (AvgIpc) is 3.61. The minimum atomic E-state index is -1.39. The van der Waals surface area contributed by atoms with E-state index in [0.717, 1.165) is 6.42 Å². The van der Waals surface area contributed by atoms with E-state index in [1.54, 1.807) is 30.3 Å². The maximum atomic E-state index is 13.3. The predicted octanol–water partition coefficient (Wildman–Crippen LogP) is 3.24. The first-order chi connectivity index (χ1) is 22.2. The third kappa shape index (κ3) is 7.48. The molecule has 3 aliphatic heterocycles. The van der Waals surface area contributed by atoms with Gasteiger partial charge in [0.15, 0.2) is 12.4 Å². The van der Waals surface area contributed by atoms with Crippen molar-refractivity contribution in [2.24, 2.45) is 30.7 Å². The van der Waals surface area contributed by atoms with E-state index in [2.05, 4.69) is 37.9 Å². The summed E-state index contributed by atoms with van der Waals surface area (Å²) in [5, 5.41) is 20.8. The summed E-state index contributed by atoms with van der Waals surface area (Å²) in [5.74, 6) is -1.90. The summed E-state index contributed by atoms with van der Waals surface area (Å²) in [6.45, 7) is 9.36. The molecule has 4 heterocycles. The maximum absolute atomic E-state index is 13.3. The lowest BCUT2D eigenvalue weighted by atomic mass is 9.65. The number of hydrogen-bond acceptors (Lipinski definition) is 11. The van der Waals surface area contributed by atoms with Crippen LogP contribution in [0.3, 0.4) is 0 Å². The Morgan fingerprint density at radius 1 is 1.23 bits per heavy atom. The number of aliphatic hydroxyl groups is 2. The molecule has 0 radical (unpaired) electrons. The molecule has 5 rings (SSSR count). The van der Waals surface area contributed by atoms with Crippen LogP contribution in [0.15, 0.2) is 54.1 Å². The van der Waals surface area contributed by atoms with E-state index in [1.807, 2.05) is 26.1 Å². The smallest absolute Gasteiger partial charge is 0.331 e. The standard InChI is InChI=1S/C35H48N2O10/c1-20(2)25-10-8-21(3)26-15-29(46-30(40)11-9-24-16-37(6)19-36-24)34(5)12-13-35(42-7,47-34)23(14-27(25)26)17-43-33-32(45-22(4)38)31(41)28(39)18-44-33/h8-9,11-14,16,19-20,25-29,31-33,39,41H,10,15,17-18H2,1-7H3/b11-9+,23-14?/t25-,26+,27-,28-,29?,31-,32+,33?,34+,35-/m1/s1. The zero-order valence-electron chi connectivity index (χ0n) is 28.2. The lowest BCUT2D eigenvalue weighted by molar-refractivity contribution is -0.277. The number of esters is 2. The van der Waals surface area contributed by atoms with Gasteiger partial charge in [0.2, 0.25) is 5.79 Å². The number of aryl methyl sites for hydroxylation is 1. The second kappa shape index (κ2) is 14.2. The van der Waals surface area contributed by atoms with Crippen LogP contribution in [-0.4, -0.2) is 94.1 Å². The van der Waals surface area contributed by atoms with Gasteiger partial charge in [-0.3, -0.25) is 4.79 Å². The molecular formula is C35H48N2O10. The number of ether oxygens (including phenoxy) is 6. The van der Waals surface area contributed by atoms with Crippen LogP contribution in [0.4, 0.5) is 0 Å². The van der Waals surface area contributed by atoms with Crippen LogP contribution >= 0.6 is 0 Å². The molecule has 0 spiro atoms. The van der Waals surface area contributed by atoms with Gasteiger partial charge in [0.05, 0.1) is 25.2 Å². The zero-order chi connectivity index (χ0) is 34.1. The van der Waals surface area contributed by atoms with Crippen molar-refractivity contribution in [2.75, 3.05) is 20.3 Å². The molecule has 2 N–H and O–H groups in total. The predicted molar refractivity (Wildman–Crippen MR) is 170 cm³/mol. The molecule has 0 saturated carbocycles. The molecule has 2 unspecified atom stereocenters. The van der Waals surface area contributed by atoms with E-state index in [1.165, 1.54) is 18.6 Å². The molecule has 1 fully saturated rings. The van der Waals surface area contributed by atoms with Crippen molar-refractivity contribution in [3.63, 3.8) is 0 Å². The van der Waals surface area contributed by atoms with Crippen molar-refractivity contribution in [3.8, 4) is 0 Å². The number of methoxy groups -OCH3 is 1. The molecule has 4 aliphatic rings. The highest BCUT2D eigenvalue weighted by Crippen LogP contribution is 2.49. The quantitative estimate of drug-likeness (QED) is 0.229. The number of hydrogen-bond donors (Lipinski definition) is 2. The second-order valence-electron chi connectivity index (χ2n) is 13.6. The number of aliphatic hydroxyl groups excluding tert-OH is 2. The van der Waals surface area contributed by atoms with Crippen LogP contribution in [-0.2, 0) is 45.1 Å². The number of fused-ring (bicyclic) bond motifs is 3. The van der Waals surface area contributed by atoms with Crippen LogP contribution in [0.2, 0.25) is 0 Å². The summed E-state index contributed by atoms with van der Waals surface area (Å²) in [6.07, 6.45) is 10.3. The van der Waals surface area contributed by atoms with Crippen LogP contribution in [0, 0.1) is 23.7 Å². The zero-order valence-corrected chi connectivity index (χ0v) is 28.2. The van der Waals surface area contributed by atoms with Gasteiger partial charge in [-0.15, -0.1) is 0 Å². The monoisotopic (exact) mass is 656 g/mol. The van der Waals surface area contributed by atoms with Gasteiger partial charge in [-0.05, 0) is 68.6 Å². The van der Waals surface area contributed by atoms with E-state index in [-0.39, 0.29) is 31.0 Å². The molecular weight excluding hydrogens is 608 g/mol. The number of imidazole rings is 1. The lowest BCUT2D eigenvalue weighted by Crippen LogP contribution is -2.55. The number of carbonyl (C=O) groups excluding carboxylic acids is 2. The van der Waals surface area contributed by atoms with Crippen molar-refractivity contribution in [1.82, 2.24) is 9.55 Å². The van der Waals surface area contributed by atoms with Crippen molar-refractivity contribution < 1.29 is 48.2 Å². The Kier molecular flexibility index (Phi) is 10.6. The highest BCUT2D eigenvalue weighted by atomic mass is 16.7. The average molecular weight is 657 g/mol. The fourth-order valence-corrected chi connectivity index (χ4v) is 7.17. The van der Waals surface area contributed by atoms with Gasteiger partial charge in [-0.1, -0.05) is 31.6 Å². The highest BCUT2D eigenvalue weighted by Gasteiger charge is 2.54. The largest absolute Gasteiger partial charge is 0.456 e. The van der Waals surface area contributed by atoms with Crippen LogP contribution in [0.5, 0.6) is 0 Å². The second-order valence-corrected chi connectivity index (χ2v) is 13.6. The summed E-state index contributed by atoms with van der Waals surface area (Å²) in [6, 6.07) is 0. The third-order valence-corrected chi connectivity index (χ3v) is 9.88. The van der Waals surface area contributed by atoms with Gasteiger partial charge in [0, 0.05) is 38.9 Å². The van der Waals surface area contributed by atoms with E-state index in [0.29, 0.717) is 23.6 Å². The summed E-state index contributed by atoms with van der Waals surface area (Å²) >= 11 is 0. The Labute approximate surface area is 276 Å². The Bertz CT molecular complexity index is 1430. The molecule has 47 heavy (non-hydrogen) atoms.